The van der Waals surface area contributed by atoms with Crippen molar-refractivity contribution in [1.29, 1.82) is 0 Å². The molecule has 26 heavy (non-hydrogen) atoms. The van der Waals surface area contributed by atoms with Gasteiger partial charge in [0.05, 0.1) is 18.4 Å². The van der Waals surface area contributed by atoms with Crippen LogP contribution in [-0.2, 0) is 14.3 Å². The van der Waals surface area contributed by atoms with E-state index in [1.165, 1.54) is 33.2 Å². The Balaban J connectivity index is 2.25. The Morgan fingerprint density at radius 1 is 0.923 bits per heavy atom. The van der Waals surface area contributed by atoms with E-state index in [4.69, 9.17) is 9.47 Å². The molecule has 0 radical (unpaired) electrons. The Morgan fingerprint density at radius 2 is 1.54 bits per heavy atom. The Labute approximate surface area is 150 Å². The van der Waals surface area contributed by atoms with E-state index in [-0.39, 0.29) is 11.5 Å². The maximum atomic E-state index is 11.4. The van der Waals surface area contributed by atoms with Crippen molar-refractivity contribution in [3.63, 3.8) is 0 Å². The normalized spacial score (nSPS) is 10.4. The van der Waals surface area contributed by atoms with E-state index < -0.39 is 17.9 Å². The van der Waals surface area contributed by atoms with Crippen LogP contribution in [0.5, 0.6) is 11.5 Å². The molecule has 1 aromatic carbocycles. The summed E-state index contributed by atoms with van der Waals surface area (Å²) in [6.45, 7) is 2.56. The van der Waals surface area contributed by atoms with Gasteiger partial charge in [-0.25, -0.2) is 4.79 Å². The third kappa shape index (κ3) is 5.55. The van der Waals surface area contributed by atoms with Gasteiger partial charge in [-0.3, -0.25) is 14.6 Å². The molecule has 2 rings (SSSR count). The van der Waals surface area contributed by atoms with Gasteiger partial charge in [0, 0.05) is 26.1 Å². The number of rotatable bonds is 5. The number of methoxy groups -OCH3 is 1. The van der Waals surface area contributed by atoms with Crippen LogP contribution in [0.15, 0.2) is 36.5 Å². The highest BCUT2D eigenvalue weighted by Gasteiger charge is 2.07. The maximum absolute atomic E-state index is 11.4. The van der Waals surface area contributed by atoms with E-state index in [1.54, 1.807) is 36.4 Å². The first-order valence-electron chi connectivity index (χ1n) is 7.62. The van der Waals surface area contributed by atoms with Crippen LogP contribution in [0, 0.1) is 0 Å². The molecule has 7 heteroatoms. The molecule has 0 aliphatic carbocycles. The molecule has 1 aromatic heterocycles. The van der Waals surface area contributed by atoms with Gasteiger partial charge in [-0.05, 0) is 35.9 Å². The van der Waals surface area contributed by atoms with Gasteiger partial charge in [0.15, 0.2) is 0 Å². The quantitative estimate of drug-likeness (QED) is 0.601. The number of ether oxygens (including phenoxy) is 3. The number of benzene rings is 1. The SMILES string of the molecule is COC(=O)c1ccc(C=Cc2cc(OC(C)=O)cc(OC(C)=O)c2)nc1. The third-order valence-corrected chi connectivity index (χ3v) is 3.08. The molecule has 0 fully saturated rings. The highest BCUT2D eigenvalue weighted by molar-refractivity contribution is 5.89. The first-order chi connectivity index (χ1) is 12.4. The Bertz CT molecular complexity index is 821. The van der Waals surface area contributed by atoms with Crippen LogP contribution in [0.4, 0.5) is 0 Å². The number of pyridine rings is 1. The maximum Gasteiger partial charge on any atom is 0.339 e. The third-order valence-electron chi connectivity index (χ3n) is 3.08. The first-order valence-corrected chi connectivity index (χ1v) is 7.62. The van der Waals surface area contributed by atoms with Crippen LogP contribution in [0.25, 0.3) is 12.2 Å². The van der Waals surface area contributed by atoms with E-state index >= 15 is 0 Å². The van der Waals surface area contributed by atoms with Gasteiger partial charge in [-0.15, -0.1) is 0 Å². The second-order valence-electron chi connectivity index (χ2n) is 5.22. The summed E-state index contributed by atoms with van der Waals surface area (Å²) in [6, 6.07) is 7.94. The summed E-state index contributed by atoms with van der Waals surface area (Å²) in [6.07, 6.45) is 4.82. The Kier molecular flexibility index (Phi) is 6.21. The van der Waals surface area contributed by atoms with Gasteiger partial charge in [0.1, 0.15) is 11.5 Å². The lowest BCUT2D eigenvalue weighted by atomic mass is 10.1. The molecule has 0 N–H and O–H groups in total. The van der Waals surface area contributed by atoms with Crippen molar-refractivity contribution in [1.82, 2.24) is 4.98 Å². The summed E-state index contributed by atoms with van der Waals surface area (Å²) in [4.78, 5) is 37.8. The molecule has 0 spiro atoms. The summed E-state index contributed by atoms with van der Waals surface area (Å²) in [5.41, 5.74) is 1.59. The van der Waals surface area contributed by atoms with Crippen LogP contribution < -0.4 is 9.47 Å². The van der Waals surface area contributed by atoms with Gasteiger partial charge in [0.2, 0.25) is 0 Å². The second kappa shape index (κ2) is 8.57. The van der Waals surface area contributed by atoms with Crippen molar-refractivity contribution < 1.29 is 28.6 Å². The lowest BCUT2D eigenvalue weighted by molar-refractivity contribution is -0.132. The Hall–Kier alpha value is -3.48. The largest absolute Gasteiger partial charge is 0.465 e. The molecule has 7 nitrogen and oxygen atoms in total. The minimum absolute atomic E-state index is 0.255. The summed E-state index contributed by atoms with van der Waals surface area (Å²) >= 11 is 0. The standard InChI is InChI=1S/C19H17NO6/c1-12(21)25-17-8-14(9-18(10-17)26-13(2)22)4-6-16-7-5-15(11-20-16)19(23)24-3/h4-11H,1-3H3. The zero-order valence-corrected chi connectivity index (χ0v) is 14.5. The summed E-state index contributed by atoms with van der Waals surface area (Å²) in [5, 5.41) is 0. The van der Waals surface area contributed by atoms with Crippen molar-refractivity contribution in [2.24, 2.45) is 0 Å². The van der Waals surface area contributed by atoms with E-state index in [0.717, 1.165) is 0 Å². The predicted octanol–water partition coefficient (Wildman–Crippen LogP) is 2.89. The van der Waals surface area contributed by atoms with Gasteiger partial charge in [0.25, 0.3) is 0 Å². The predicted molar refractivity (Wildman–Crippen MR) is 93.6 cm³/mol. The highest BCUT2D eigenvalue weighted by Crippen LogP contribution is 2.24. The van der Waals surface area contributed by atoms with E-state index in [9.17, 15) is 14.4 Å². The fourth-order valence-electron chi connectivity index (χ4n) is 2.06. The van der Waals surface area contributed by atoms with Gasteiger partial charge < -0.3 is 14.2 Å². The number of hydrogen-bond acceptors (Lipinski definition) is 7. The summed E-state index contributed by atoms with van der Waals surface area (Å²) in [5.74, 6) is -0.928. The van der Waals surface area contributed by atoms with Crippen molar-refractivity contribution in [3.05, 3.63) is 53.3 Å². The molecule has 0 amide bonds. The van der Waals surface area contributed by atoms with Gasteiger partial charge >= 0.3 is 17.9 Å². The topological polar surface area (TPSA) is 91.8 Å². The molecule has 0 saturated heterocycles. The zero-order valence-electron chi connectivity index (χ0n) is 14.5. The molecule has 0 atom stereocenters. The monoisotopic (exact) mass is 355 g/mol. The van der Waals surface area contributed by atoms with Crippen molar-refractivity contribution in [2.75, 3.05) is 7.11 Å². The molecule has 2 aromatic rings. The van der Waals surface area contributed by atoms with Crippen LogP contribution in [-0.4, -0.2) is 30.0 Å². The minimum Gasteiger partial charge on any atom is -0.465 e. The van der Waals surface area contributed by atoms with Gasteiger partial charge in [-0.1, -0.05) is 6.08 Å². The average Bonchev–Trinajstić information content (AvgIpc) is 2.58. The molecule has 0 aliphatic rings. The number of carbonyl (C=O) groups excluding carboxylic acids is 3. The molecule has 0 bridgehead atoms. The minimum atomic E-state index is -0.486. The number of carbonyl (C=O) groups is 3. The fourth-order valence-corrected chi connectivity index (χ4v) is 2.06. The number of hydrogen-bond donors (Lipinski definition) is 0. The fraction of sp³-hybridized carbons (Fsp3) is 0.158. The number of aromatic nitrogens is 1. The van der Waals surface area contributed by atoms with Crippen molar-refractivity contribution in [2.45, 2.75) is 13.8 Å². The molecular formula is C19H17NO6. The lowest BCUT2D eigenvalue weighted by Gasteiger charge is -2.07. The van der Waals surface area contributed by atoms with E-state index in [0.29, 0.717) is 16.8 Å². The van der Waals surface area contributed by atoms with Crippen LogP contribution in [0.1, 0.15) is 35.5 Å². The van der Waals surface area contributed by atoms with Crippen LogP contribution in [0.3, 0.4) is 0 Å². The zero-order chi connectivity index (χ0) is 19.1. The Morgan fingerprint density at radius 3 is 2.00 bits per heavy atom. The highest BCUT2D eigenvalue weighted by atomic mass is 16.5. The van der Waals surface area contributed by atoms with Crippen molar-refractivity contribution >= 4 is 30.1 Å². The van der Waals surface area contributed by atoms with Gasteiger partial charge in [-0.2, -0.15) is 0 Å². The average molecular weight is 355 g/mol. The van der Waals surface area contributed by atoms with Crippen molar-refractivity contribution in [3.8, 4) is 11.5 Å². The molecular weight excluding hydrogens is 338 g/mol. The summed E-state index contributed by atoms with van der Waals surface area (Å²) < 4.78 is 14.7. The summed E-state index contributed by atoms with van der Waals surface area (Å²) in [7, 11) is 1.30. The van der Waals surface area contributed by atoms with E-state index in [2.05, 4.69) is 9.72 Å². The molecule has 0 saturated carbocycles. The molecule has 0 unspecified atom stereocenters. The number of nitrogens with zero attached hydrogens (tertiary/aromatic N) is 1. The first kappa shape index (κ1) is 18.9. The molecule has 134 valence electrons. The lowest BCUT2D eigenvalue weighted by Crippen LogP contribution is -2.04. The van der Waals surface area contributed by atoms with E-state index in [1.807, 2.05) is 0 Å². The smallest absolute Gasteiger partial charge is 0.339 e. The van der Waals surface area contributed by atoms with Crippen LogP contribution in [0.2, 0.25) is 0 Å². The second-order valence-corrected chi connectivity index (χ2v) is 5.22. The molecule has 1 heterocycles. The van der Waals surface area contributed by atoms with Crippen LogP contribution >= 0.6 is 0 Å². The number of esters is 3. The molecule has 0 aliphatic heterocycles.